The Morgan fingerprint density at radius 1 is 0.917 bits per heavy atom. The third-order valence-corrected chi connectivity index (χ3v) is 3.95. The molecule has 0 aliphatic carbocycles. The molecule has 0 spiro atoms. The normalized spacial score (nSPS) is 10.8. The minimum Gasteiger partial charge on any atom is -0.508 e. The molecule has 0 atom stereocenters. The van der Waals surface area contributed by atoms with E-state index in [-0.39, 0.29) is 5.75 Å². The number of imidazole rings is 1. The highest BCUT2D eigenvalue weighted by Crippen LogP contribution is 2.22. The first-order chi connectivity index (χ1) is 11.8. The Hall–Kier alpha value is -3.27. The molecule has 4 rings (SSSR count). The van der Waals surface area contributed by atoms with Crippen molar-refractivity contribution in [1.82, 2.24) is 9.97 Å². The largest absolute Gasteiger partial charge is 0.508 e. The number of nitrogens with one attached hydrogen (secondary N) is 2. The summed E-state index contributed by atoms with van der Waals surface area (Å²) >= 11 is 0. The van der Waals surface area contributed by atoms with Crippen molar-refractivity contribution >= 4 is 16.7 Å². The van der Waals surface area contributed by atoms with E-state index in [4.69, 9.17) is 0 Å². The zero-order chi connectivity index (χ0) is 16.4. The van der Waals surface area contributed by atoms with Crippen molar-refractivity contribution in [2.24, 2.45) is 0 Å². The van der Waals surface area contributed by atoms with E-state index in [9.17, 15) is 5.11 Å². The Morgan fingerprint density at radius 2 is 1.75 bits per heavy atom. The molecule has 118 valence electrons. The lowest BCUT2D eigenvalue weighted by molar-refractivity contribution is 0.475. The summed E-state index contributed by atoms with van der Waals surface area (Å²) in [6.45, 7) is 0.707. The third-order valence-electron chi connectivity index (χ3n) is 3.95. The van der Waals surface area contributed by atoms with E-state index in [1.54, 1.807) is 12.1 Å². The number of phenolic OH excluding ortho intramolecular Hbond substituents is 1. The summed E-state index contributed by atoms with van der Waals surface area (Å²) in [4.78, 5) is 8.01. The van der Waals surface area contributed by atoms with Gasteiger partial charge in [-0.05, 0) is 48.0 Å². The smallest absolute Gasteiger partial charge is 0.138 e. The number of phenols is 1. The van der Waals surface area contributed by atoms with Crippen molar-refractivity contribution in [2.45, 2.75) is 6.54 Å². The first kappa shape index (κ1) is 14.3. The standard InChI is InChI=1S/C20H17N3O/c24-17-10-8-16(9-11-17)21-13-14-4-3-5-15(12-14)20-22-18-6-1-2-7-19(18)23-20/h1-12,21,24H,13H2,(H,22,23). The highest BCUT2D eigenvalue weighted by atomic mass is 16.3. The van der Waals surface area contributed by atoms with Crippen LogP contribution in [-0.4, -0.2) is 15.1 Å². The van der Waals surface area contributed by atoms with Gasteiger partial charge >= 0.3 is 0 Å². The number of benzene rings is 3. The van der Waals surface area contributed by atoms with Crippen molar-refractivity contribution in [1.29, 1.82) is 0 Å². The van der Waals surface area contributed by atoms with Gasteiger partial charge in [-0.25, -0.2) is 4.98 Å². The molecule has 0 aliphatic heterocycles. The Morgan fingerprint density at radius 3 is 2.58 bits per heavy atom. The van der Waals surface area contributed by atoms with Crippen molar-refractivity contribution in [3.8, 4) is 17.1 Å². The van der Waals surface area contributed by atoms with Crippen LogP contribution in [0.5, 0.6) is 5.75 Å². The van der Waals surface area contributed by atoms with Crippen LogP contribution in [0.2, 0.25) is 0 Å². The van der Waals surface area contributed by atoms with Gasteiger partial charge in [0.1, 0.15) is 11.6 Å². The van der Waals surface area contributed by atoms with Crippen LogP contribution in [0.1, 0.15) is 5.56 Å². The number of fused-ring (bicyclic) bond motifs is 1. The van der Waals surface area contributed by atoms with Crippen LogP contribution < -0.4 is 5.32 Å². The fourth-order valence-corrected chi connectivity index (χ4v) is 2.70. The number of anilines is 1. The Kier molecular flexibility index (Phi) is 3.63. The van der Waals surface area contributed by atoms with Gasteiger partial charge in [-0.1, -0.05) is 30.3 Å². The fraction of sp³-hybridized carbons (Fsp3) is 0.0500. The molecule has 4 heteroatoms. The lowest BCUT2D eigenvalue weighted by atomic mass is 10.1. The zero-order valence-electron chi connectivity index (χ0n) is 13.0. The molecule has 3 N–H and O–H groups in total. The number of rotatable bonds is 4. The average Bonchev–Trinajstić information content (AvgIpc) is 3.06. The van der Waals surface area contributed by atoms with Gasteiger partial charge in [0.05, 0.1) is 11.0 Å². The number of nitrogens with zero attached hydrogens (tertiary/aromatic N) is 1. The van der Waals surface area contributed by atoms with Gasteiger partial charge in [0.15, 0.2) is 0 Å². The summed E-state index contributed by atoms with van der Waals surface area (Å²) in [5, 5.41) is 12.7. The number of hydrogen-bond acceptors (Lipinski definition) is 3. The highest BCUT2D eigenvalue weighted by molar-refractivity contribution is 5.79. The summed E-state index contributed by atoms with van der Waals surface area (Å²) in [6, 6.07) is 23.4. The molecule has 0 radical (unpaired) electrons. The molecule has 0 fully saturated rings. The van der Waals surface area contributed by atoms with Crippen LogP contribution in [0.3, 0.4) is 0 Å². The molecule has 0 aliphatic rings. The quantitative estimate of drug-likeness (QED) is 0.484. The second kappa shape index (κ2) is 6.08. The van der Waals surface area contributed by atoms with Crippen LogP contribution in [0, 0.1) is 0 Å². The predicted octanol–water partition coefficient (Wildman–Crippen LogP) is 4.55. The third kappa shape index (κ3) is 2.94. The number of hydrogen-bond donors (Lipinski definition) is 3. The molecular formula is C20H17N3O. The zero-order valence-corrected chi connectivity index (χ0v) is 13.0. The van der Waals surface area contributed by atoms with E-state index in [0.29, 0.717) is 6.54 Å². The van der Waals surface area contributed by atoms with Crippen LogP contribution in [0.25, 0.3) is 22.4 Å². The molecule has 3 aromatic carbocycles. The summed E-state index contributed by atoms with van der Waals surface area (Å²) in [5.74, 6) is 1.15. The summed E-state index contributed by atoms with van der Waals surface area (Å²) in [5.41, 5.74) is 5.22. The lowest BCUT2D eigenvalue weighted by Crippen LogP contribution is -1.99. The van der Waals surface area contributed by atoms with E-state index in [1.165, 1.54) is 5.56 Å². The van der Waals surface area contributed by atoms with Gasteiger partial charge in [0, 0.05) is 17.8 Å². The molecule has 0 unspecified atom stereocenters. The Bertz CT molecular complexity index is 941. The van der Waals surface area contributed by atoms with E-state index < -0.39 is 0 Å². The summed E-state index contributed by atoms with van der Waals surface area (Å²) in [6.07, 6.45) is 0. The molecule has 0 saturated heterocycles. The van der Waals surface area contributed by atoms with Crippen molar-refractivity contribution in [3.63, 3.8) is 0 Å². The summed E-state index contributed by atoms with van der Waals surface area (Å²) < 4.78 is 0. The second-order valence-corrected chi connectivity index (χ2v) is 5.70. The molecule has 4 aromatic rings. The minimum atomic E-state index is 0.271. The molecule has 1 aromatic heterocycles. The average molecular weight is 315 g/mol. The number of aromatic hydroxyl groups is 1. The van der Waals surface area contributed by atoms with Crippen molar-refractivity contribution < 1.29 is 5.11 Å². The number of aromatic nitrogens is 2. The van der Waals surface area contributed by atoms with E-state index in [2.05, 4.69) is 33.5 Å². The van der Waals surface area contributed by atoms with Crippen LogP contribution in [-0.2, 0) is 6.54 Å². The molecule has 24 heavy (non-hydrogen) atoms. The van der Waals surface area contributed by atoms with Gasteiger partial charge in [-0.15, -0.1) is 0 Å². The van der Waals surface area contributed by atoms with Crippen LogP contribution >= 0.6 is 0 Å². The van der Waals surface area contributed by atoms with Crippen LogP contribution in [0.15, 0.2) is 72.8 Å². The van der Waals surface area contributed by atoms with E-state index in [1.807, 2.05) is 42.5 Å². The van der Waals surface area contributed by atoms with E-state index >= 15 is 0 Å². The second-order valence-electron chi connectivity index (χ2n) is 5.70. The maximum absolute atomic E-state index is 9.33. The number of para-hydroxylation sites is 2. The molecule has 0 amide bonds. The maximum Gasteiger partial charge on any atom is 0.138 e. The molecule has 0 bridgehead atoms. The maximum atomic E-state index is 9.33. The van der Waals surface area contributed by atoms with Gasteiger partial charge in [0.2, 0.25) is 0 Å². The minimum absolute atomic E-state index is 0.271. The molecule has 4 nitrogen and oxygen atoms in total. The predicted molar refractivity (Wildman–Crippen MR) is 97.0 cm³/mol. The topological polar surface area (TPSA) is 60.9 Å². The fourth-order valence-electron chi connectivity index (χ4n) is 2.70. The highest BCUT2D eigenvalue weighted by Gasteiger charge is 2.05. The van der Waals surface area contributed by atoms with Gasteiger partial charge in [0.25, 0.3) is 0 Å². The van der Waals surface area contributed by atoms with Crippen LogP contribution in [0.4, 0.5) is 5.69 Å². The van der Waals surface area contributed by atoms with E-state index in [0.717, 1.165) is 28.1 Å². The Labute approximate surface area is 139 Å². The molecule has 1 heterocycles. The number of H-pyrrole nitrogens is 1. The SMILES string of the molecule is Oc1ccc(NCc2cccc(-c3nc4ccccc4[nH]3)c2)cc1. The van der Waals surface area contributed by atoms with Gasteiger partial charge in [-0.3, -0.25) is 0 Å². The first-order valence-electron chi connectivity index (χ1n) is 7.85. The van der Waals surface area contributed by atoms with Gasteiger partial charge in [-0.2, -0.15) is 0 Å². The number of aromatic amines is 1. The Balaban J connectivity index is 1.55. The monoisotopic (exact) mass is 315 g/mol. The molecular weight excluding hydrogens is 298 g/mol. The van der Waals surface area contributed by atoms with Crippen molar-refractivity contribution in [3.05, 3.63) is 78.4 Å². The first-order valence-corrected chi connectivity index (χ1v) is 7.85. The molecule has 0 saturated carbocycles. The lowest BCUT2D eigenvalue weighted by Gasteiger charge is -2.07. The summed E-state index contributed by atoms with van der Waals surface area (Å²) in [7, 11) is 0. The van der Waals surface area contributed by atoms with Crippen molar-refractivity contribution in [2.75, 3.05) is 5.32 Å². The van der Waals surface area contributed by atoms with Gasteiger partial charge < -0.3 is 15.4 Å².